The summed E-state index contributed by atoms with van der Waals surface area (Å²) in [5, 5.41) is 5.56. The summed E-state index contributed by atoms with van der Waals surface area (Å²) in [7, 11) is 0. The van der Waals surface area contributed by atoms with Crippen LogP contribution in [0, 0.1) is 11.8 Å². The maximum atomic E-state index is 12.9. The van der Waals surface area contributed by atoms with Gasteiger partial charge in [0, 0.05) is 6.20 Å². The quantitative estimate of drug-likeness (QED) is 0.704. The van der Waals surface area contributed by atoms with Gasteiger partial charge in [0.2, 0.25) is 11.8 Å². The Morgan fingerprint density at radius 2 is 1.67 bits per heavy atom. The van der Waals surface area contributed by atoms with Gasteiger partial charge in [-0.15, -0.1) is 0 Å². The fraction of sp³-hybridized carbons (Fsp3) is 0.389. The van der Waals surface area contributed by atoms with Gasteiger partial charge in [0.1, 0.15) is 5.02 Å². The van der Waals surface area contributed by atoms with Crippen LogP contribution in [-0.4, -0.2) is 33.8 Å². The Morgan fingerprint density at radius 1 is 1.00 bits per heavy atom. The Kier molecular flexibility index (Phi) is 4.02. The molecule has 2 bridgehead atoms. The van der Waals surface area contributed by atoms with Crippen molar-refractivity contribution in [2.75, 3.05) is 4.90 Å². The first-order valence-electron chi connectivity index (χ1n) is 8.64. The van der Waals surface area contributed by atoms with Gasteiger partial charge in [0.25, 0.3) is 0 Å². The fourth-order valence-corrected chi connectivity index (χ4v) is 4.92. The minimum Gasteiger partial charge on any atom is -0.373 e. The van der Waals surface area contributed by atoms with Crippen molar-refractivity contribution in [3.05, 3.63) is 45.0 Å². The average Bonchev–Trinajstić information content (AvgIpc) is 3.36. The van der Waals surface area contributed by atoms with E-state index in [9.17, 15) is 9.59 Å². The summed E-state index contributed by atoms with van der Waals surface area (Å²) >= 11 is 18.3. The molecule has 0 saturated carbocycles. The molecule has 0 radical (unpaired) electrons. The molecule has 3 aliphatic heterocycles. The third-order valence-electron chi connectivity index (χ3n) is 5.52. The maximum absolute atomic E-state index is 12.9. The van der Waals surface area contributed by atoms with Gasteiger partial charge in [-0.05, 0) is 30.5 Å². The second-order valence-corrected chi connectivity index (χ2v) is 8.32. The molecule has 140 valence electrons. The first-order chi connectivity index (χ1) is 12.9. The van der Waals surface area contributed by atoms with E-state index < -0.39 is 11.8 Å². The van der Waals surface area contributed by atoms with Crippen molar-refractivity contribution < 1.29 is 14.3 Å². The second-order valence-electron chi connectivity index (χ2n) is 7.10. The minimum absolute atomic E-state index is 0.168. The highest BCUT2D eigenvalue weighted by atomic mass is 35.5. The molecule has 1 aromatic carbocycles. The smallest absolute Gasteiger partial charge is 0.241 e. The first-order valence-corrected chi connectivity index (χ1v) is 9.77. The molecule has 2 aromatic rings. The summed E-state index contributed by atoms with van der Waals surface area (Å²) in [5.74, 6) is -1.17. The fourth-order valence-electron chi connectivity index (χ4n) is 4.37. The molecule has 6 nitrogen and oxygen atoms in total. The zero-order chi connectivity index (χ0) is 18.9. The van der Waals surface area contributed by atoms with Gasteiger partial charge in [-0.1, -0.05) is 40.9 Å². The van der Waals surface area contributed by atoms with Crippen molar-refractivity contribution in [2.45, 2.75) is 31.6 Å². The van der Waals surface area contributed by atoms with Gasteiger partial charge in [-0.2, -0.15) is 5.10 Å². The minimum atomic E-state index is -0.410. The summed E-state index contributed by atoms with van der Waals surface area (Å²) in [6, 6.07) is 5.27. The van der Waals surface area contributed by atoms with Gasteiger partial charge < -0.3 is 4.74 Å². The molecule has 9 heteroatoms. The number of carbonyl (C=O) groups is 2. The molecule has 0 N–H and O–H groups in total. The largest absolute Gasteiger partial charge is 0.373 e. The molecule has 4 atom stereocenters. The topological polar surface area (TPSA) is 64.4 Å². The third-order valence-corrected chi connectivity index (χ3v) is 6.53. The SMILES string of the molecule is O=C1[C@@H]2[C@H](C(=O)N1c1nn(Cc3ccc(Cl)c(Cl)c3)cc1Cl)[C@H]1CC[C@H]2O1. The lowest BCUT2D eigenvalue weighted by atomic mass is 9.81. The Hall–Kier alpha value is -1.60. The maximum Gasteiger partial charge on any atom is 0.241 e. The summed E-state index contributed by atoms with van der Waals surface area (Å²) in [5.41, 5.74) is 0.873. The monoisotopic (exact) mass is 425 g/mol. The molecular formula is C18H14Cl3N3O3. The highest BCUT2D eigenvalue weighted by Crippen LogP contribution is 2.49. The number of rotatable bonds is 3. The average molecular weight is 427 g/mol. The predicted molar refractivity (Wildman–Crippen MR) is 100 cm³/mol. The highest BCUT2D eigenvalue weighted by molar-refractivity contribution is 6.42. The number of carbonyl (C=O) groups excluding carboxylic acids is 2. The zero-order valence-electron chi connectivity index (χ0n) is 13.9. The normalized spacial score (nSPS) is 29.1. The van der Waals surface area contributed by atoms with Crippen LogP contribution in [-0.2, 0) is 20.9 Å². The van der Waals surface area contributed by atoms with Crippen molar-refractivity contribution in [2.24, 2.45) is 11.8 Å². The van der Waals surface area contributed by atoms with E-state index in [0.717, 1.165) is 23.3 Å². The first kappa shape index (κ1) is 17.5. The number of amides is 2. The predicted octanol–water partition coefficient (Wildman–Crippen LogP) is 3.56. The van der Waals surface area contributed by atoms with E-state index in [4.69, 9.17) is 39.5 Å². The lowest BCUT2D eigenvalue weighted by Gasteiger charge is -2.15. The van der Waals surface area contributed by atoms with Crippen LogP contribution in [0.5, 0.6) is 0 Å². The summed E-state index contributed by atoms with van der Waals surface area (Å²) < 4.78 is 7.33. The number of imide groups is 1. The van der Waals surface area contributed by atoms with E-state index in [2.05, 4.69) is 5.10 Å². The van der Waals surface area contributed by atoms with Crippen molar-refractivity contribution in [1.29, 1.82) is 0 Å². The van der Waals surface area contributed by atoms with Gasteiger partial charge in [0.05, 0.1) is 40.6 Å². The molecule has 0 unspecified atom stereocenters. The van der Waals surface area contributed by atoms with Crippen molar-refractivity contribution in [1.82, 2.24) is 9.78 Å². The second kappa shape index (κ2) is 6.21. The lowest BCUT2D eigenvalue weighted by Crippen LogP contribution is -2.34. The Balaban J connectivity index is 1.44. The zero-order valence-corrected chi connectivity index (χ0v) is 16.2. The molecule has 0 aliphatic carbocycles. The van der Waals surface area contributed by atoms with E-state index in [1.807, 2.05) is 6.07 Å². The third kappa shape index (κ3) is 2.62. The van der Waals surface area contributed by atoms with Crippen LogP contribution in [0.15, 0.2) is 24.4 Å². The highest BCUT2D eigenvalue weighted by Gasteiger charge is 2.63. The Labute approximate surface area is 169 Å². The molecule has 0 spiro atoms. The molecule has 4 heterocycles. The van der Waals surface area contributed by atoms with Crippen LogP contribution < -0.4 is 4.90 Å². The number of fused-ring (bicyclic) bond motifs is 5. The van der Waals surface area contributed by atoms with Crippen molar-refractivity contribution >= 4 is 52.4 Å². The van der Waals surface area contributed by atoms with Crippen molar-refractivity contribution in [3.8, 4) is 0 Å². The number of aromatic nitrogens is 2. The summed E-state index contributed by atoms with van der Waals surface area (Å²) in [4.78, 5) is 26.9. The van der Waals surface area contributed by atoms with Crippen LogP contribution >= 0.6 is 34.8 Å². The number of halogens is 3. The van der Waals surface area contributed by atoms with Crippen LogP contribution in [0.4, 0.5) is 5.82 Å². The van der Waals surface area contributed by atoms with Gasteiger partial charge in [0.15, 0.2) is 5.82 Å². The molecule has 1 aromatic heterocycles. The molecular weight excluding hydrogens is 413 g/mol. The molecule has 3 aliphatic rings. The molecule has 2 amide bonds. The number of benzene rings is 1. The number of anilines is 1. The molecule has 3 saturated heterocycles. The molecule has 3 fully saturated rings. The van der Waals surface area contributed by atoms with E-state index in [0.29, 0.717) is 16.6 Å². The number of hydrogen-bond donors (Lipinski definition) is 0. The molecule has 27 heavy (non-hydrogen) atoms. The van der Waals surface area contributed by atoms with E-state index in [-0.39, 0.29) is 34.9 Å². The van der Waals surface area contributed by atoms with Crippen LogP contribution in [0.25, 0.3) is 0 Å². The lowest BCUT2D eigenvalue weighted by molar-refractivity contribution is -0.124. The van der Waals surface area contributed by atoms with Crippen LogP contribution in [0.3, 0.4) is 0 Å². The van der Waals surface area contributed by atoms with Gasteiger partial charge in [-0.3, -0.25) is 14.3 Å². The van der Waals surface area contributed by atoms with Crippen LogP contribution in [0.2, 0.25) is 15.1 Å². The number of ether oxygens (including phenoxy) is 1. The Morgan fingerprint density at radius 3 is 2.30 bits per heavy atom. The van der Waals surface area contributed by atoms with E-state index >= 15 is 0 Å². The van der Waals surface area contributed by atoms with Crippen LogP contribution in [0.1, 0.15) is 18.4 Å². The molecule has 5 rings (SSSR count). The summed E-state index contributed by atoms with van der Waals surface area (Å²) in [6.07, 6.45) is 2.90. The number of nitrogens with zero attached hydrogens (tertiary/aromatic N) is 3. The van der Waals surface area contributed by atoms with E-state index in [1.54, 1.807) is 23.0 Å². The Bertz CT molecular complexity index is 948. The van der Waals surface area contributed by atoms with Gasteiger partial charge in [-0.25, -0.2) is 4.90 Å². The standard InChI is InChI=1S/C18H14Cl3N3O3/c19-9-2-1-8(5-10(9)20)6-23-7-11(21)16(22-23)24-17(25)14-12-3-4-13(27-12)15(14)18(24)26/h1-2,5,7,12-15H,3-4,6H2/t12-,13-,14-,15+/m1/s1. The van der Waals surface area contributed by atoms with E-state index in [1.165, 1.54) is 0 Å². The van der Waals surface area contributed by atoms with Crippen molar-refractivity contribution in [3.63, 3.8) is 0 Å². The summed E-state index contributed by atoms with van der Waals surface area (Å²) in [6.45, 7) is 0.383. The van der Waals surface area contributed by atoms with Gasteiger partial charge >= 0.3 is 0 Å². The number of hydrogen-bond acceptors (Lipinski definition) is 4.